The van der Waals surface area contributed by atoms with E-state index in [4.69, 9.17) is 5.11 Å². The molecule has 4 nitrogen and oxygen atoms in total. The van der Waals surface area contributed by atoms with Gasteiger partial charge in [-0.3, -0.25) is 9.59 Å². The van der Waals surface area contributed by atoms with Crippen LogP contribution in [0.3, 0.4) is 0 Å². The zero-order chi connectivity index (χ0) is 8.27. The smallest absolute Gasteiger partial charge is 0.305 e. The number of piperidine rings is 1. The van der Waals surface area contributed by atoms with Crippen LogP contribution >= 0.6 is 0 Å². The molecule has 62 valence electrons. The monoisotopic (exact) mass is 157 g/mol. The maximum Gasteiger partial charge on any atom is 0.305 e. The largest absolute Gasteiger partial charge is 0.481 e. The van der Waals surface area contributed by atoms with Gasteiger partial charge in [-0.05, 0) is 12.8 Å². The number of carbonyl (C=O) groups excluding carboxylic acids is 1. The minimum Gasteiger partial charge on any atom is -0.481 e. The van der Waals surface area contributed by atoms with Crippen LogP contribution in [0, 0.1) is 0 Å². The van der Waals surface area contributed by atoms with Crippen LogP contribution in [0.5, 0.6) is 0 Å². The standard InChI is InChI=1S/C7H11NO3/c9-6-3-1-2-5(8-6)4-7(10)11/h5H,1-4H2,(H,8,9)(H,10,11)/t5-/m0/s1. The molecule has 4 heteroatoms. The first kappa shape index (κ1) is 8.04. The maximum atomic E-state index is 10.8. The van der Waals surface area contributed by atoms with Crippen LogP contribution in [0.4, 0.5) is 0 Å². The molecule has 0 aromatic carbocycles. The molecule has 1 saturated heterocycles. The highest BCUT2D eigenvalue weighted by atomic mass is 16.4. The number of hydrogen-bond acceptors (Lipinski definition) is 2. The molecular weight excluding hydrogens is 146 g/mol. The molecule has 1 aliphatic rings. The van der Waals surface area contributed by atoms with Crippen molar-refractivity contribution in [2.75, 3.05) is 0 Å². The average Bonchev–Trinajstić information content (AvgIpc) is 1.85. The summed E-state index contributed by atoms with van der Waals surface area (Å²) in [5, 5.41) is 11.0. The summed E-state index contributed by atoms with van der Waals surface area (Å²) < 4.78 is 0. The van der Waals surface area contributed by atoms with Gasteiger partial charge in [0.2, 0.25) is 5.91 Å². The molecule has 0 aromatic heterocycles. The lowest BCUT2D eigenvalue weighted by atomic mass is 10.0. The third-order valence-corrected chi connectivity index (χ3v) is 1.74. The van der Waals surface area contributed by atoms with E-state index in [0.717, 1.165) is 12.8 Å². The summed E-state index contributed by atoms with van der Waals surface area (Å²) in [4.78, 5) is 21.0. The van der Waals surface area contributed by atoms with Gasteiger partial charge in [0.25, 0.3) is 0 Å². The molecule has 2 N–H and O–H groups in total. The molecular formula is C7H11NO3. The highest BCUT2D eigenvalue weighted by Crippen LogP contribution is 2.10. The molecule has 11 heavy (non-hydrogen) atoms. The lowest BCUT2D eigenvalue weighted by molar-refractivity contribution is -0.138. The van der Waals surface area contributed by atoms with Crippen molar-refractivity contribution in [1.29, 1.82) is 0 Å². The molecule has 0 spiro atoms. The zero-order valence-electron chi connectivity index (χ0n) is 6.17. The number of amides is 1. The third-order valence-electron chi connectivity index (χ3n) is 1.74. The Bertz CT molecular complexity index is 177. The summed E-state index contributed by atoms with van der Waals surface area (Å²) in [5.74, 6) is -0.875. The van der Waals surface area contributed by atoms with Crippen LogP contribution in [0.25, 0.3) is 0 Å². The zero-order valence-corrected chi connectivity index (χ0v) is 6.17. The van der Waals surface area contributed by atoms with Crippen LogP contribution in [-0.2, 0) is 9.59 Å². The Morgan fingerprint density at radius 3 is 3.00 bits per heavy atom. The number of aliphatic carboxylic acids is 1. The minimum atomic E-state index is -0.850. The summed E-state index contributed by atoms with van der Waals surface area (Å²) in [6.07, 6.45) is 2.18. The van der Waals surface area contributed by atoms with Crippen LogP contribution in [0.1, 0.15) is 25.7 Å². The molecule has 0 saturated carbocycles. The Morgan fingerprint density at radius 1 is 1.73 bits per heavy atom. The summed E-state index contributed by atoms with van der Waals surface area (Å²) in [5.41, 5.74) is 0. The molecule has 0 bridgehead atoms. The van der Waals surface area contributed by atoms with Gasteiger partial charge in [0.15, 0.2) is 0 Å². The van der Waals surface area contributed by atoms with Gasteiger partial charge in [-0.1, -0.05) is 0 Å². The maximum absolute atomic E-state index is 10.8. The lowest BCUT2D eigenvalue weighted by Crippen LogP contribution is -2.39. The molecule has 0 radical (unpaired) electrons. The van der Waals surface area contributed by atoms with Crippen LogP contribution in [-0.4, -0.2) is 23.0 Å². The van der Waals surface area contributed by atoms with E-state index < -0.39 is 5.97 Å². The summed E-state index contributed by atoms with van der Waals surface area (Å²) in [6.45, 7) is 0. The van der Waals surface area contributed by atoms with Crippen LogP contribution < -0.4 is 5.32 Å². The van der Waals surface area contributed by atoms with Gasteiger partial charge in [-0.25, -0.2) is 0 Å². The molecule has 1 rings (SSSR count). The molecule has 0 aliphatic carbocycles. The van der Waals surface area contributed by atoms with Crippen LogP contribution in [0.15, 0.2) is 0 Å². The van der Waals surface area contributed by atoms with E-state index in [9.17, 15) is 9.59 Å². The lowest BCUT2D eigenvalue weighted by Gasteiger charge is -2.21. The Morgan fingerprint density at radius 2 is 2.45 bits per heavy atom. The molecule has 0 aromatic rings. The van der Waals surface area contributed by atoms with Crippen molar-refractivity contribution in [3.05, 3.63) is 0 Å². The molecule has 1 aliphatic heterocycles. The Balaban J connectivity index is 2.34. The summed E-state index contributed by atoms with van der Waals surface area (Å²) in [6, 6.07) is -0.145. The Kier molecular flexibility index (Phi) is 2.46. The Labute approximate surface area is 64.6 Å². The minimum absolute atomic E-state index is 0.0255. The second-order valence-corrected chi connectivity index (χ2v) is 2.75. The number of rotatable bonds is 2. The second kappa shape index (κ2) is 3.37. The third kappa shape index (κ3) is 2.57. The van der Waals surface area contributed by atoms with E-state index >= 15 is 0 Å². The first-order valence-electron chi connectivity index (χ1n) is 3.69. The van der Waals surface area contributed by atoms with E-state index in [-0.39, 0.29) is 18.4 Å². The first-order chi connectivity index (χ1) is 5.18. The highest BCUT2D eigenvalue weighted by molar-refractivity contribution is 5.78. The fraction of sp³-hybridized carbons (Fsp3) is 0.714. The van der Waals surface area contributed by atoms with Gasteiger partial charge in [0, 0.05) is 12.5 Å². The number of carboxylic acid groups (broad SMARTS) is 1. The van der Waals surface area contributed by atoms with Crippen molar-refractivity contribution in [3.8, 4) is 0 Å². The molecule has 1 atom stereocenters. The highest BCUT2D eigenvalue weighted by Gasteiger charge is 2.19. The van der Waals surface area contributed by atoms with Crippen LogP contribution in [0.2, 0.25) is 0 Å². The average molecular weight is 157 g/mol. The second-order valence-electron chi connectivity index (χ2n) is 2.75. The van der Waals surface area contributed by atoms with E-state index in [1.54, 1.807) is 0 Å². The summed E-state index contributed by atoms with van der Waals surface area (Å²) >= 11 is 0. The molecule has 1 fully saturated rings. The van der Waals surface area contributed by atoms with Crippen molar-refractivity contribution in [3.63, 3.8) is 0 Å². The van der Waals surface area contributed by atoms with Gasteiger partial charge in [-0.15, -0.1) is 0 Å². The van der Waals surface area contributed by atoms with Gasteiger partial charge >= 0.3 is 5.97 Å². The topological polar surface area (TPSA) is 66.4 Å². The van der Waals surface area contributed by atoms with E-state index in [0.29, 0.717) is 6.42 Å². The van der Waals surface area contributed by atoms with Crippen molar-refractivity contribution in [2.45, 2.75) is 31.7 Å². The molecule has 0 unspecified atom stereocenters. The number of carboxylic acids is 1. The van der Waals surface area contributed by atoms with Crippen molar-refractivity contribution < 1.29 is 14.7 Å². The van der Waals surface area contributed by atoms with Crippen molar-refractivity contribution in [1.82, 2.24) is 5.32 Å². The van der Waals surface area contributed by atoms with E-state index in [1.807, 2.05) is 0 Å². The quantitative estimate of drug-likeness (QED) is 0.598. The number of nitrogens with one attached hydrogen (secondary N) is 1. The van der Waals surface area contributed by atoms with Gasteiger partial charge in [-0.2, -0.15) is 0 Å². The van der Waals surface area contributed by atoms with Gasteiger partial charge in [0.05, 0.1) is 6.42 Å². The van der Waals surface area contributed by atoms with E-state index in [2.05, 4.69) is 5.32 Å². The van der Waals surface area contributed by atoms with Gasteiger partial charge in [0.1, 0.15) is 0 Å². The number of carbonyl (C=O) groups is 2. The fourth-order valence-corrected chi connectivity index (χ4v) is 1.24. The van der Waals surface area contributed by atoms with E-state index in [1.165, 1.54) is 0 Å². The predicted molar refractivity (Wildman–Crippen MR) is 38.0 cm³/mol. The van der Waals surface area contributed by atoms with Crippen molar-refractivity contribution >= 4 is 11.9 Å². The Hall–Kier alpha value is -1.06. The molecule has 1 amide bonds. The SMILES string of the molecule is O=C(O)C[C@@H]1CCCC(=O)N1. The normalized spacial score (nSPS) is 24.4. The van der Waals surface area contributed by atoms with Crippen molar-refractivity contribution in [2.24, 2.45) is 0 Å². The first-order valence-corrected chi connectivity index (χ1v) is 3.69. The predicted octanol–water partition coefficient (Wildman–Crippen LogP) is 0.130. The fourth-order valence-electron chi connectivity index (χ4n) is 1.24. The number of hydrogen-bond donors (Lipinski definition) is 2. The summed E-state index contributed by atoms with van der Waals surface area (Å²) in [7, 11) is 0. The van der Waals surface area contributed by atoms with Gasteiger partial charge < -0.3 is 10.4 Å². The molecule has 1 heterocycles.